The van der Waals surface area contributed by atoms with Crippen LogP contribution in [0.3, 0.4) is 0 Å². The quantitative estimate of drug-likeness (QED) is 0.826. The predicted octanol–water partition coefficient (Wildman–Crippen LogP) is 4.11. The average Bonchev–Trinajstić information content (AvgIpc) is 2.46. The van der Waals surface area contributed by atoms with Crippen LogP contribution in [-0.2, 0) is 6.54 Å². The first-order valence-electron chi connectivity index (χ1n) is 7.22. The summed E-state index contributed by atoms with van der Waals surface area (Å²) in [6.07, 6.45) is 4.58. The van der Waals surface area contributed by atoms with E-state index < -0.39 is 0 Å². The summed E-state index contributed by atoms with van der Waals surface area (Å²) in [5.41, 5.74) is 0.611. The van der Waals surface area contributed by atoms with Crippen molar-refractivity contribution in [2.75, 3.05) is 13.0 Å². The Kier molecular flexibility index (Phi) is 5.28. The summed E-state index contributed by atoms with van der Waals surface area (Å²) in [7, 11) is 1.54. The highest BCUT2D eigenvalue weighted by molar-refractivity contribution is 6.18. The Hall–Kier alpha value is -0.800. The highest BCUT2D eigenvalue weighted by atomic mass is 35.5. The van der Waals surface area contributed by atoms with Gasteiger partial charge in [0.25, 0.3) is 0 Å². The Morgan fingerprint density at radius 2 is 2.30 bits per heavy atom. The number of methoxy groups -OCH3 is 1. The lowest BCUT2D eigenvalue weighted by atomic mass is 9.77. The molecule has 2 unspecified atom stereocenters. The molecule has 2 atom stereocenters. The highest BCUT2D eigenvalue weighted by Gasteiger charge is 2.33. The fraction of sp³-hybridized carbons (Fsp3) is 0.625. The molecular formula is C16H23ClFNO. The molecule has 1 aromatic carbocycles. The Bertz CT molecular complexity index is 454. The molecule has 2 rings (SSSR count). The molecule has 0 aliphatic heterocycles. The molecule has 0 bridgehead atoms. The van der Waals surface area contributed by atoms with Crippen molar-refractivity contribution in [1.29, 1.82) is 0 Å². The molecule has 20 heavy (non-hydrogen) atoms. The van der Waals surface area contributed by atoms with Crippen LogP contribution in [0.25, 0.3) is 0 Å². The van der Waals surface area contributed by atoms with Crippen LogP contribution >= 0.6 is 11.6 Å². The molecule has 4 heteroatoms. The lowest BCUT2D eigenvalue weighted by Gasteiger charge is -2.39. The van der Waals surface area contributed by atoms with Gasteiger partial charge in [0.2, 0.25) is 0 Å². The van der Waals surface area contributed by atoms with Crippen molar-refractivity contribution in [2.24, 2.45) is 5.92 Å². The molecule has 0 heterocycles. The zero-order valence-electron chi connectivity index (χ0n) is 12.2. The second-order valence-corrected chi connectivity index (χ2v) is 6.19. The van der Waals surface area contributed by atoms with E-state index in [4.69, 9.17) is 16.3 Å². The minimum Gasteiger partial charge on any atom is -0.497 e. The number of benzene rings is 1. The number of rotatable bonds is 5. The lowest BCUT2D eigenvalue weighted by molar-refractivity contribution is 0.207. The molecule has 0 aromatic heterocycles. The fourth-order valence-electron chi connectivity index (χ4n) is 3.07. The standard InChI is InChI=1S/C16H23ClFNO/c1-12-4-3-7-16(9-12,11-17)19-10-13-5-6-14(20-2)8-15(13)18/h5-6,8,12,19H,3-4,7,9-11H2,1-2H3. The number of ether oxygens (including phenoxy) is 1. The maximum absolute atomic E-state index is 13.9. The van der Waals surface area contributed by atoms with E-state index >= 15 is 0 Å². The van der Waals surface area contributed by atoms with Gasteiger partial charge in [0.15, 0.2) is 0 Å². The van der Waals surface area contributed by atoms with E-state index in [0.717, 1.165) is 12.8 Å². The molecule has 2 nitrogen and oxygen atoms in total. The zero-order chi connectivity index (χ0) is 14.6. The summed E-state index contributed by atoms with van der Waals surface area (Å²) in [5.74, 6) is 1.57. The van der Waals surface area contributed by atoms with E-state index in [9.17, 15) is 4.39 Å². The Labute approximate surface area is 125 Å². The van der Waals surface area contributed by atoms with Crippen molar-refractivity contribution in [1.82, 2.24) is 5.32 Å². The predicted molar refractivity (Wildman–Crippen MR) is 80.9 cm³/mol. The van der Waals surface area contributed by atoms with Gasteiger partial charge in [-0.15, -0.1) is 11.6 Å². The third-order valence-corrected chi connectivity index (χ3v) is 4.77. The molecule has 0 spiro atoms. The molecule has 0 amide bonds. The maximum atomic E-state index is 13.9. The number of nitrogens with one attached hydrogen (secondary N) is 1. The van der Waals surface area contributed by atoms with Crippen molar-refractivity contribution >= 4 is 11.6 Å². The maximum Gasteiger partial charge on any atom is 0.131 e. The molecule has 1 saturated carbocycles. The van der Waals surface area contributed by atoms with E-state index in [1.807, 2.05) is 0 Å². The summed E-state index contributed by atoms with van der Waals surface area (Å²) in [6, 6.07) is 4.99. The van der Waals surface area contributed by atoms with Crippen molar-refractivity contribution in [2.45, 2.75) is 44.7 Å². The van der Waals surface area contributed by atoms with Crippen molar-refractivity contribution in [3.05, 3.63) is 29.6 Å². The van der Waals surface area contributed by atoms with Gasteiger partial charge in [-0.25, -0.2) is 4.39 Å². The van der Waals surface area contributed by atoms with Crippen LogP contribution in [0, 0.1) is 11.7 Å². The van der Waals surface area contributed by atoms with Gasteiger partial charge < -0.3 is 10.1 Å². The Morgan fingerprint density at radius 3 is 2.90 bits per heavy atom. The SMILES string of the molecule is COc1ccc(CNC2(CCl)CCCC(C)C2)c(F)c1. The summed E-state index contributed by atoms with van der Waals surface area (Å²) in [4.78, 5) is 0. The zero-order valence-corrected chi connectivity index (χ0v) is 13.0. The van der Waals surface area contributed by atoms with Crippen LogP contribution in [0.4, 0.5) is 4.39 Å². The first kappa shape index (κ1) is 15.6. The third kappa shape index (κ3) is 3.64. The normalized spacial score (nSPS) is 26.5. The lowest BCUT2D eigenvalue weighted by Crippen LogP contribution is -2.49. The van der Waals surface area contributed by atoms with Gasteiger partial charge in [0.1, 0.15) is 11.6 Å². The second-order valence-electron chi connectivity index (χ2n) is 5.93. The smallest absolute Gasteiger partial charge is 0.131 e. The number of alkyl halides is 1. The minimum atomic E-state index is -0.231. The minimum absolute atomic E-state index is 0.0500. The van der Waals surface area contributed by atoms with Crippen LogP contribution in [0.5, 0.6) is 5.75 Å². The fourth-order valence-corrected chi connectivity index (χ4v) is 3.41. The van der Waals surface area contributed by atoms with Gasteiger partial charge >= 0.3 is 0 Å². The monoisotopic (exact) mass is 299 g/mol. The largest absolute Gasteiger partial charge is 0.497 e. The van der Waals surface area contributed by atoms with Crippen molar-refractivity contribution in [3.8, 4) is 5.75 Å². The van der Waals surface area contributed by atoms with Crippen LogP contribution in [0.15, 0.2) is 18.2 Å². The summed E-state index contributed by atoms with van der Waals surface area (Å²) >= 11 is 6.18. The number of hydrogen-bond donors (Lipinski definition) is 1. The van der Waals surface area contributed by atoms with Gasteiger partial charge in [0, 0.05) is 29.6 Å². The van der Waals surface area contributed by atoms with Gasteiger partial charge in [-0.2, -0.15) is 0 Å². The van der Waals surface area contributed by atoms with E-state index in [1.54, 1.807) is 19.2 Å². The van der Waals surface area contributed by atoms with Crippen LogP contribution in [0.2, 0.25) is 0 Å². The van der Waals surface area contributed by atoms with Crippen LogP contribution in [0.1, 0.15) is 38.2 Å². The summed E-state index contributed by atoms with van der Waals surface area (Å²) in [6.45, 7) is 2.77. The molecule has 1 aromatic rings. The number of hydrogen-bond acceptors (Lipinski definition) is 2. The topological polar surface area (TPSA) is 21.3 Å². The average molecular weight is 300 g/mol. The molecule has 1 N–H and O–H groups in total. The molecule has 1 fully saturated rings. The van der Waals surface area contributed by atoms with Crippen molar-refractivity contribution in [3.63, 3.8) is 0 Å². The summed E-state index contributed by atoms with van der Waals surface area (Å²) in [5, 5.41) is 3.50. The van der Waals surface area contributed by atoms with Crippen LogP contribution < -0.4 is 10.1 Å². The third-order valence-electron chi connectivity index (χ3n) is 4.26. The van der Waals surface area contributed by atoms with Gasteiger partial charge in [-0.05, 0) is 24.8 Å². The second kappa shape index (κ2) is 6.77. The van der Waals surface area contributed by atoms with Gasteiger partial charge in [-0.3, -0.25) is 0 Å². The van der Waals surface area contributed by atoms with E-state index in [0.29, 0.717) is 29.7 Å². The molecule has 0 saturated heterocycles. The Balaban J connectivity index is 2.03. The Morgan fingerprint density at radius 1 is 1.50 bits per heavy atom. The highest BCUT2D eigenvalue weighted by Crippen LogP contribution is 2.33. The first-order chi connectivity index (χ1) is 9.58. The summed E-state index contributed by atoms with van der Waals surface area (Å²) < 4.78 is 19.0. The van der Waals surface area contributed by atoms with Crippen molar-refractivity contribution < 1.29 is 9.13 Å². The molecule has 112 valence electrons. The first-order valence-corrected chi connectivity index (χ1v) is 7.75. The van der Waals surface area contributed by atoms with Gasteiger partial charge in [0.05, 0.1) is 7.11 Å². The van der Waals surface area contributed by atoms with Crippen LogP contribution in [-0.4, -0.2) is 18.5 Å². The molecule has 0 radical (unpaired) electrons. The van der Waals surface area contributed by atoms with Gasteiger partial charge in [-0.1, -0.05) is 25.8 Å². The van der Waals surface area contributed by atoms with E-state index in [2.05, 4.69) is 12.2 Å². The molecule has 1 aliphatic carbocycles. The molecule has 1 aliphatic rings. The molecular weight excluding hydrogens is 277 g/mol. The number of halogens is 2. The van der Waals surface area contributed by atoms with E-state index in [1.165, 1.54) is 18.9 Å². The van der Waals surface area contributed by atoms with E-state index in [-0.39, 0.29) is 11.4 Å².